The van der Waals surface area contributed by atoms with E-state index in [4.69, 9.17) is 14.2 Å². The van der Waals surface area contributed by atoms with Crippen LogP contribution in [0.5, 0.6) is 11.5 Å². The number of esters is 1. The molecule has 0 bridgehead atoms. The molecule has 0 spiro atoms. The molecule has 0 saturated heterocycles. The number of hydrogen-bond donors (Lipinski definition) is 0. The molecule has 1 saturated carbocycles. The van der Waals surface area contributed by atoms with Gasteiger partial charge in [-0.15, -0.1) is 4.68 Å². The molecule has 1 heterocycles. The van der Waals surface area contributed by atoms with E-state index in [0.717, 1.165) is 24.5 Å². The highest BCUT2D eigenvalue weighted by atomic mass is 19.1. The number of carbonyl (C=O) groups is 2. The summed E-state index contributed by atoms with van der Waals surface area (Å²) in [5.74, 6) is -1.10. The largest absolute Gasteiger partial charge is 0.496 e. The Hall–Kier alpha value is -5.00. The van der Waals surface area contributed by atoms with Gasteiger partial charge < -0.3 is 14.2 Å². The summed E-state index contributed by atoms with van der Waals surface area (Å²) in [6.45, 7) is 0.0519. The molecule has 3 aromatic carbocycles. The first kappa shape index (κ1) is 27.6. The molecule has 12 heteroatoms. The minimum absolute atomic E-state index is 0.0491. The van der Waals surface area contributed by atoms with E-state index in [1.54, 1.807) is 12.1 Å². The fraction of sp³-hybridized carbons (Fsp3) is 0.276. The fourth-order valence-electron chi connectivity index (χ4n) is 4.92. The Morgan fingerprint density at radius 2 is 1.68 bits per heavy atom. The van der Waals surface area contributed by atoms with E-state index >= 15 is 0 Å². The summed E-state index contributed by atoms with van der Waals surface area (Å²) in [4.78, 5) is 41.7. The zero-order valence-electron chi connectivity index (χ0n) is 22.5. The number of rotatable bonds is 8. The predicted molar refractivity (Wildman–Crippen MR) is 146 cm³/mol. The monoisotopic (exact) mass is 561 g/mol. The van der Waals surface area contributed by atoms with Crippen LogP contribution in [0.3, 0.4) is 0 Å². The zero-order chi connectivity index (χ0) is 28.9. The Morgan fingerprint density at radius 1 is 0.951 bits per heavy atom. The maximum Gasteiger partial charge on any atom is 0.377 e. The number of methoxy groups -OCH3 is 2. The average Bonchev–Trinajstić information content (AvgIpc) is 3.66. The number of para-hydroxylation sites is 1. The molecular weight excluding hydrogens is 533 g/mol. The summed E-state index contributed by atoms with van der Waals surface area (Å²) < 4.78 is 32.0. The van der Waals surface area contributed by atoms with Gasteiger partial charge >= 0.3 is 17.7 Å². The second-order valence-electron chi connectivity index (χ2n) is 9.41. The van der Waals surface area contributed by atoms with E-state index in [1.807, 2.05) is 30.3 Å². The summed E-state index contributed by atoms with van der Waals surface area (Å²) in [6.07, 6.45) is 3.11. The van der Waals surface area contributed by atoms with E-state index in [2.05, 4.69) is 10.4 Å². The summed E-state index contributed by atoms with van der Waals surface area (Å²) in [6, 6.07) is 16.9. The number of carbonyl (C=O) groups excluding carboxylic acids is 2. The summed E-state index contributed by atoms with van der Waals surface area (Å²) in [5.41, 5.74) is 0.0348. The topological polar surface area (TPSA) is 118 Å². The Balaban J connectivity index is 1.51. The molecule has 5 rings (SSSR count). The molecule has 11 nitrogen and oxygen atoms in total. The Labute approximate surface area is 234 Å². The van der Waals surface area contributed by atoms with Crippen molar-refractivity contribution in [3.05, 3.63) is 94.2 Å². The van der Waals surface area contributed by atoms with Crippen molar-refractivity contribution in [2.75, 3.05) is 19.1 Å². The highest BCUT2D eigenvalue weighted by molar-refractivity contribution is 5.98. The van der Waals surface area contributed by atoms with Crippen LogP contribution >= 0.6 is 0 Å². The average molecular weight is 562 g/mol. The maximum atomic E-state index is 14.7. The van der Waals surface area contributed by atoms with Crippen LogP contribution in [-0.4, -0.2) is 52.1 Å². The van der Waals surface area contributed by atoms with Gasteiger partial charge in [-0.2, -0.15) is 4.68 Å². The predicted octanol–water partition coefficient (Wildman–Crippen LogP) is 4.36. The first-order chi connectivity index (χ1) is 19.9. The summed E-state index contributed by atoms with van der Waals surface area (Å²) in [5, 5.41) is 7.53. The maximum absolute atomic E-state index is 14.7. The van der Waals surface area contributed by atoms with Gasteiger partial charge in [0.25, 0.3) is 0 Å². The van der Waals surface area contributed by atoms with E-state index < -0.39 is 23.5 Å². The molecule has 0 aliphatic heterocycles. The number of aromatic nitrogens is 4. The van der Waals surface area contributed by atoms with Gasteiger partial charge in [-0.3, -0.25) is 4.90 Å². The fourth-order valence-corrected chi connectivity index (χ4v) is 4.92. The Bertz CT molecular complexity index is 1610. The van der Waals surface area contributed by atoms with Crippen molar-refractivity contribution in [1.29, 1.82) is 0 Å². The van der Waals surface area contributed by atoms with Gasteiger partial charge in [0.05, 0.1) is 14.2 Å². The van der Waals surface area contributed by atoms with Crippen LogP contribution in [-0.2, 0) is 11.3 Å². The molecular formula is C29H28FN5O6. The summed E-state index contributed by atoms with van der Waals surface area (Å²) in [7, 11) is 2.75. The normalized spacial score (nSPS) is 13.1. The lowest BCUT2D eigenvalue weighted by atomic mass is 10.1. The number of anilines is 1. The molecule has 1 aliphatic carbocycles. The third-order valence-electron chi connectivity index (χ3n) is 6.93. The highest BCUT2D eigenvalue weighted by Crippen LogP contribution is 2.32. The number of amides is 1. The molecule has 0 radical (unpaired) electrons. The van der Waals surface area contributed by atoms with Gasteiger partial charge in [-0.1, -0.05) is 49.2 Å². The van der Waals surface area contributed by atoms with Gasteiger partial charge in [0.15, 0.2) is 5.82 Å². The molecule has 1 fully saturated rings. The van der Waals surface area contributed by atoms with Crippen LogP contribution < -0.4 is 20.1 Å². The molecule has 0 unspecified atom stereocenters. The number of halogens is 1. The summed E-state index contributed by atoms with van der Waals surface area (Å²) >= 11 is 0. The van der Waals surface area contributed by atoms with Crippen molar-refractivity contribution in [2.24, 2.45) is 0 Å². The quantitative estimate of drug-likeness (QED) is 0.230. The number of hydrogen-bond acceptors (Lipinski definition) is 8. The SMILES string of the molecule is COc1ccc(N(C(=O)n2nnn(-c3c(F)cccc3OC)c2=O)C2CCCC2)cc1C(=O)OCc1ccccc1. The van der Waals surface area contributed by atoms with E-state index in [1.165, 1.54) is 37.3 Å². The van der Waals surface area contributed by atoms with Crippen molar-refractivity contribution in [3.8, 4) is 17.2 Å². The van der Waals surface area contributed by atoms with Crippen molar-refractivity contribution >= 4 is 17.7 Å². The van der Waals surface area contributed by atoms with Gasteiger partial charge in [0.2, 0.25) is 0 Å². The number of tetrazole rings is 1. The van der Waals surface area contributed by atoms with Crippen molar-refractivity contribution in [1.82, 2.24) is 19.8 Å². The lowest BCUT2D eigenvalue weighted by Gasteiger charge is -2.28. The van der Waals surface area contributed by atoms with Crippen LogP contribution in [0.2, 0.25) is 0 Å². The molecule has 4 aromatic rings. The Morgan fingerprint density at radius 3 is 2.39 bits per heavy atom. The standard InChI is InChI=1S/C29H28FN5O6/c1-39-24-16-15-21(17-22(24)27(36)41-18-19-9-4-3-5-10-19)33(20-11-6-7-12-20)28(37)35-29(38)34(31-32-35)26-23(30)13-8-14-25(26)40-2/h3-5,8-10,13-17,20H,6-7,11-12,18H2,1-2H3. The number of ether oxygens (including phenoxy) is 3. The third kappa shape index (κ3) is 5.53. The lowest BCUT2D eigenvalue weighted by Crippen LogP contribution is -2.46. The van der Waals surface area contributed by atoms with Gasteiger partial charge in [-0.25, -0.2) is 18.8 Å². The van der Waals surface area contributed by atoms with E-state index in [0.29, 0.717) is 27.9 Å². The second-order valence-corrected chi connectivity index (χ2v) is 9.41. The van der Waals surface area contributed by atoms with Crippen LogP contribution in [0.1, 0.15) is 41.6 Å². The number of benzene rings is 3. The molecule has 41 heavy (non-hydrogen) atoms. The van der Waals surface area contributed by atoms with Crippen LogP contribution in [0.15, 0.2) is 71.5 Å². The van der Waals surface area contributed by atoms with Gasteiger partial charge in [0, 0.05) is 11.7 Å². The molecule has 0 N–H and O–H groups in total. The smallest absolute Gasteiger partial charge is 0.377 e. The minimum Gasteiger partial charge on any atom is -0.496 e. The van der Waals surface area contributed by atoms with Gasteiger partial charge in [0.1, 0.15) is 29.4 Å². The molecule has 212 valence electrons. The second kappa shape index (κ2) is 12.0. The minimum atomic E-state index is -0.975. The van der Waals surface area contributed by atoms with Crippen molar-refractivity contribution in [2.45, 2.75) is 38.3 Å². The van der Waals surface area contributed by atoms with Crippen LogP contribution in [0.25, 0.3) is 5.69 Å². The molecule has 1 aliphatic rings. The van der Waals surface area contributed by atoms with E-state index in [9.17, 15) is 18.8 Å². The molecule has 1 aromatic heterocycles. The van der Waals surface area contributed by atoms with Crippen LogP contribution in [0, 0.1) is 5.82 Å². The highest BCUT2D eigenvalue weighted by Gasteiger charge is 2.33. The van der Waals surface area contributed by atoms with E-state index in [-0.39, 0.29) is 35.4 Å². The van der Waals surface area contributed by atoms with Crippen LogP contribution in [0.4, 0.5) is 14.9 Å². The van der Waals surface area contributed by atoms with Gasteiger partial charge in [-0.05, 0) is 59.2 Å². The first-order valence-corrected chi connectivity index (χ1v) is 13.0. The lowest BCUT2D eigenvalue weighted by molar-refractivity contribution is 0.0469. The van der Waals surface area contributed by atoms with Crippen molar-refractivity contribution < 1.29 is 28.2 Å². The zero-order valence-corrected chi connectivity index (χ0v) is 22.5. The third-order valence-corrected chi connectivity index (χ3v) is 6.93. The van der Waals surface area contributed by atoms with Crippen molar-refractivity contribution in [3.63, 3.8) is 0 Å². The molecule has 1 amide bonds. The molecule has 0 atom stereocenters. The number of nitrogens with zero attached hydrogens (tertiary/aromatic N) is 5. The Kier molecular flexibility index (Phi) is 8.09. The first-order valence-electron chi connectivity index (χ1n) is 13.0.